The van der Waals surface area contributed by atoms with Crippen LogP contribution in [0.3, 0.4) is 0 Å². The van der Waals surface area contributed by atoms with E-state index in [0.29, 0.717) is 5.56 Å². The van der Waals surface area contributed by atoms with Gasteiger partial charge in [0.25, 0.3) is 0 Å². The Labute approximate surface area is 130 Å². The van der Waals surface area contributed by atoms with Crippen molar-refractivity contribution in [3.05, 3.63) is 64.5 Å². The van der Waals surface area contributed by atoms with Crippen LogP contribution in [0.25, 0.3) is 10.9 Å². The molecule has 21 heavy (non-hydrogen) atoms. The first-order chi connectivity index (χ1) is 10.2. The number of fused-ring (bicyclic) bond motifs is 1. The summed E-state index contributed by atoms with van der Waals surface area (Å²) in [6.45, 7) is 0.718. The second-order valence-electron chi connectivity index (χ2n) is 4.67. The number of halogens is 1. The average Bonchev–Trinajstić information content (AvgIpc) is 2.92. The van der Waals surface area contributed by atoms with Crippen molar-refractivity contribution in [1.29, 1.82) is 0 Å². The highest BCUT2D eigenvalue weighted by Crippen LogP contribution is 2.23. The van der Waals surface area contributed by atoms with E-state index in [9.17, 15) is 4.79 Å². The van der Waals surface area contributed by atoms with Crippen molar-refractivity contribution in [3.63, 3.8) is 0 Å². The molecule has 0 radical (unpaired) electrons. The molecule has 4 nitrogen and oxygen atoms in total. The van der Waals surface area contributed by atoms with E-state index in [1.807, 2.05) is 24.4 Å². The molecule has 0 atom stereocenters. The molecular formula is C16H13BrN2O2. The molecule has 0 aliphatic carbocycles. The highest BCUT2D eigenvalue weighted by Gasteiger charge is 2.08. The highest BCUT2D eigenvalue weighted by molar-refractivity contribution is 9.10. The Morgan fingerprint density at radius 1 is 1.24 bits per heavy atom. The first kappa shape index (κ1) is 13.8. The van der Waals surface area contributed by atoms with Crippen LogP contribution in [-0.4, -0.2) is 22.6 Å². The van der Waals surface area contributed by atoms with Crippen LogP contribution in [0.1, 0.15) is 15.9 Å². The molecule has 0 aliphatic rings. The number of carbonyl (C=O) groups is 1. The summed E-state index contributed by atoms with van der Waals surface area (Å²) in [6, 6.07) is 11.5. The fourth-order valence-corrected chi connectivity index (χ4v) is 2.87. The molecule has 2 aromatic heterocycles. The van der Waals surface area contributed by atoms with Gasteiger partial charge >= 0.3 is 5.97 Å². The largest absolute Gasteiger partial charge is 0.465 e. The van der Waals surface area contributed by atoms with Crippen LogP contribution in [0.5, 0.6) is 0 Å². The Balaban J connectivity index is 1.90. The summed E-state index contributed by atoms with van der Waals surface area (Å²) >= 11 is 3.49. The molecule has 0 unspecified atom stereocenters. The quantitative estimate of drug-likeness (QED) is 0.538. The number of hydrogen-bond donors (Lipinski definition) is 0. The Bertz CT molecular complexity index is 794. The number of nitrogens with zero attached hydrogens (tertiary/aromatic N) is 2. The molecule has 0 saturated heterocycles. The molecule has 0 spiro atoms. The third-order valence-corrected chi connectivity index (χ3v) is 3.94. The highest BCUT2D eigenvalue weighted by atomic mass is 79.9. The van der Waals surface area contributed by atoms with E-state index in [1.165, 1.54) is 7.11 Å². The lowest BCUT2D eigenvalue weighted by atomic mass is 10.1. The van der Waals surface area contributed by atoms with Crippen molar-refractivity contribution in [2.45, 2.75) is 6.54 Å². The molecule has 0 fully saturated rings. The van der Waals surface area contributed by atoms with Gasteiger partial charge in [0.2, 0.25) is 0 Å². The van der Waals surface area contributed by atoms with Gasteiger partial charge < -0.3 is 9.30 Å². The van der Waals surface area contributed by atoms with Gasteiger partial charge in [0.15, 0.2) is 0 Å². The van der Waals surface area contributed by atoms with E-state index in [-0.39, 0.29) is 5.97 Å². The van der Waals surface area contributed by atoms with Gasteiger partial charge in [-0.2, -0.15) is 0 Å². The fraction of sp³-hybridized carbons (Fsp3) is 0.125. The third-order valence-electron chi connectivity index (χ3n) is 3.36. The zero-order valence-corrected chi connectivity index (χ0v) is 13.0. The molecule has 1 aromatic carbocycles. The number of esters is 1. The summed E-state index contributed by atoms with van der Waals surface area (Å²) in [5.74, 6) is -0.320. The first-order valence-electron chi connectivity index (χ1n) is 6.45. The summed E-state index contributed by atoms with van der Waals surface area (Å²) in [7, 11) is 1.38. The van der Waals surface area contributed by atoms with Gasteiger partial charge in [0.1, 0.15) is 4.60 Å². The van der Waals surface area contributed by atoms with E-state index in [4.69, 9.17) is 4.74 Å². The van der Waals surface area contributed by atoms with Gasteiger partial charge in [0.05, 0.1) is 18.2 Å². The van der Waals surface area contributed by atoms with E-state index in [2.05, 4.69) is 31.5 Å². The fourth-order valence-electron chi connectivity index (χ4n) is 2.30. The smallest absolute Gasteiger partial charge is 0.337 e. The lowest BCUT2D eigenvalue weighted by Crippen LogP contribution is -2.02. The van der Waals surface area contributed by atoms with E-state index in [1.54, 1.807) is 18.3 Å². The van der Waals surface area contributed by atoms with Crippen LogP contribution in [-0.2, 0) is 11.3 Å². The Morgan fingerprint density at radius 3 is 2.71 bits per heavy atom. The average molecular weight is 345 g/mol. The molecule has 3 aromatic rings. The summed E-state index contributed by atoms with van der Waals surface area (Å²) in [5, 5.41) is 1.14. The Morgan fingerprint density at radius 2 is 2.00 bits per heavy atom. The van der Waals surface area contributed by atoms with Crippen molar-refractivity contribution >= 4 is 32.8 Å². The maximum atomic E-state index is 11.4. The van der Waals surface area contributed by atoms with Crippen LogP contribution < -0.4 is 0 Å². The monoisotopic (exact) mass is 344 g/mol. The lowest BCUT2D eigenvalue weighted by Gasteiger charge is -2.07. The van der Waals surface area contributed by atoms with Crippen LogP contribution in [0, 0.1) is 0 Å². The molecule has 0 N–H and O–H groups in total. The number of rotatable bonds is 3. The van der Waals surface area contributed by atoms with Crippen molar-refractivity contribution in [2.75, 3.05) is 7.11 Å². The zero-order chi connectivity index (χ0) is 14.8. The van der Waals surface area contributed by atoms with Gasteiger partial charge in [-0.15, -0.1) is 0 Å². The molecule has 106 valence electrons. The Hall–Kier alpha value is -2.14. The lowest BCUT2D eigenvalue weighted by molar-refractivity contribution is 0.0600. The zero-order valence-electron chi connectivity index (χ0n) is 11.4. The molecule has 0 aliphatic heterocycles. The topological polar surface area (TPSA) is 44.1 Å². The molecule has 0 bridgehead atoms. The maximum absolute atomic E-state index is 11.4. The summed E-state index contributed by atoms with van der Waals surface area (Å²) in [5.41, 5.74) is 2.73. The van der Waals surface area contributed by atoms with Crippen LogP contribution in [0.4, 0.5) is 0 Å². The predicted molar refractivity (Wildman–Crippen MR) is 84.3 cm³/mol. The molecule has 2 heterocycles. The van der Waals surface area contributed by atoms with Gasteiger partial charge in [-0.1, -0.05) is 12.1 Å². The van der Waals surface area contributed by atoms with E-state index >= 15 is 0 Å². The van der Waals surface area contributed by atoms with Crippen LogP contribution in [0.15, 0.2) is 53.4 Å². The van der Waals surface area contributed by atoms with Crippen molar-refractivity contribution in [3.8, 4) is 0 Å². The number of carbonyl (C=O) groups excluding carboxylic acids is 1. The van der Waals surface area contributed by atoms with Crippen molar-refractivity contribution in [1.82, 2.24) is 9.55 Å². The molecule has 5 heteroatoms. The van der Waals surface area contributed by atoms with E-state index < -0.39 is 0 Å². The number of methoxy groups -OCH3 is 1. The van der Waals surface area contributed by atoms with Gasteiger partial charge in [-0.25, -0.2) is 9.78 Å². The second-order valence-corrected chi connectivity index (χ2v) is 5.42. The minimum absolute atomic E-state index is 0.320. The maximum Gasteiger partial charge on any atom is 0.337 e. The van der Waals surface area contributed by atoms with Crippen molar-refractivity contribution < 1.29 is 9.53 Å². The Kier molecular flexibility index (Phi) is 3.75. The molecule has 0 saturated carbocycles. The van der Waals surface area contributed by atoms with E-state index in [0.717, 1.165) is 27.6 Å². The molecule has 3 rings (SSSR count). The van der Waals surface area contributed by atoms with Gasteiger partial charge in [-0.05, 0) is 45.8 Å². The SMILES string of the molecule is COC(=O)c1ccc(Cn2ccc3ccnc(Br)c32)cc1. The minimum Gasteiger partial charge on any atom is -0.465 e. The normalized spacial score (nSPS) is 10.8. The van der Waals surface area contributed by atoms with Crippen LogP contribution in [0.2, 0.25) is 0 Å². The number of pyridine rings is 1. The number of hydrogen-bond acceptors (Lipinski definition) is 3. The van der Waals surface area contributed by atoms with Crippen molar-refractivity contribution in [2.24, 2.45) is 0 Å². The summed E-state index contributed by atoms with van der Waals surface area (Å²) in [4.78, 5) is 15.7. The number of benzene rings is 1. The summed E-state index contributed by atoms with van der Waals surface area (Å²) < 4.78 is 7.65. The third kappa shape index (κ3) is 2.69. The predicted octanol–water partition coefficient (Wildman–Crippen LogP) is 3.63. The standard InChI is InChI=1S/C16H13BrN2O2/c1-21-16(20)13-4-2-11(3-5-13)10-19-9-7-12-6-8-18-15(17)14(12)19/h2-9H,10H2,1H3. The summed E-state index contributed by atoms with van der Waals surface area (Å²) in [6.07, 6.45) is 3.81. The van der Waals surface area contributed by atoms with Gasteiger partial charge in [0, 0.05) is 24.3 Å². The molecule has 0 amide bonds. The van der Waals surface area contributed by atoms with Crippen LogP contribution >= 0.6 is 15.9 Å². The number of aromatic nitrogens is 2. The first-order valence-corrected chi connectivity index (χ1v) is 7.25. The van der Waals surface area contributed by atoms with Gasteiger partial charge in [-0.3, -0.25) is 0 Å². The number of ether oxygens (including phenoxy) is 1. The second kappa shape index (κ2) is 5.69. The minimum atomic E-state index is -0.320. The molecular weight excluding hydrogens is 332 g/mol.